The highest BCUT2D eigenvalue weighted by atomic mass is 16.5. The maximum Gasteiger partial charge on any atom is 0.123 e. The standard InChI is InChI=1S/C14H17N3O2/c1-19-12-3-2-11(13(18)8-12)9-16-6-7-17-5-4-15-14(17)10-16/h2-5,8,18H,6-7,9-10H2,1H3. The Labute approximate surface area is 112 Å². The summed E-state index contributed by atoms with van der Waals surface area (Å²) < 4.78 is 7.26. The molecule has 0 bridgehead atoms. The fourth-order valence-corrected chi connectivity index (χ4v) is 2.40. The Bertz CT molecular complexity index is 580. The third-order valence-corrected chi connectivity index (χ3v) is 3.51. The van der Waals surface area contributed by atoms with E-state index < -0.39 is 0 Å². The lowest BCUT2D eigenvalue weighted by atomic mass is 10.1. The molecule has 1 aromatic heterocycles. The van der Waals surface area contributed by atoms with Crippen LogP contribution < -0.4 is 4.74 Å². The molecule has 0 aliphatic carbocycles. The number of phenolic OH excluding ortho intramolecular Hbond substituents is 1. The summed E-state index contributed by atoms with van der Waals surface area (Å²) in [7, 11) is 1.60. The van der Waals surface area contributed by atoms with E-state index in [9.17, 15) is 5.11 Å². The molecule has 1 aliphatic rings. The van der Waals surface area contributed by atoms with Crippen LogP contribution in [0.2, 0.25) is 0 Å². The van der Waals surface area contributed by atoms with Crippen LogP contribution >= 0.6 is 0 Å². The van der Waals surface area contributed by atoms with E-state index in [0.29, 0.717) is 5.75 Å². The summed E-state index contributed by atoms with van der Waals surface area (Å²) in [5.74, 6) is 2.04. The first-order valence-corrected chi connectivity index (χ1v) is 6.34. The predicted molar refractivity (Wildman–Crippen MR) is 71.0 cm³/mol. The van der Waals surface area contributed by atoms with Crippen molar-refractivity contribution >= 4 is 0 Å². The van der Waals surface area contributed by atoms with Gasteiger partial charge in [-0.1, -0.05) is 6.07 Å². The number of hydrogen-bond donors (Lipinski definition) is 1. The SMILES string of the molecule is COc1ccc(CN2CCn3ccnc3C2)c(O)c1. The number of aromatic hydroxyl groups is 1. The summed E-state index contributed by atoms with van der Waals surface area (Å²) in [6, 6.07) is 5.44. The fraction of sp³-hybridized carbons (Fsp3) is 0.357. The number of phenols is 1. The normalized spacial score (nSPS) is 15.2. The average Bonchev–Trinajstić information content (AvgIpc) is 2.88. The minimum Gasteiger partial charge on any atom is -0.507 e. The molecule has 5 heteroatoms. The molecule has 5 nitrogen and oxygen atoms in total. The van der Waals surface area contributed by atoms with Crippen molar-refractivity contribution in [1.82, 2.24) is 14.5 Å². The number of benzene rings is 1. The van der Waals surface area contributed by atoms with Gasteiger partial charge in [0.25, 0.3) is 0 Å². The molecule has 0 spiro atoms. The number of hydrogen-bond acceptors (Lipinski definition) is 4. The minimum absolute atomic E-state index is 0.285. The number of ether oxygens (including phenoxy) is 1. The van der Waals surface area contributed by atoms with Gasteiger partial charge in [-0.2, -0.15) is 0 Å². The smallest absolute Gasteiger partial charge is 0.123 e. The van der Waals surface area contributed by atoms with Crippen molar-refractivity contribution in [3.8, 4) is 11.5 Å². The summed E-state index contributed by atoms with van der Waals surface area (Å²) >= 11 is 0. The molecule has 3 rings (SSSR count). The number of fused-ring (bicyclic) bond motifs is 1. The Kier molecular flexibility index (Phi) is 3.13. The van der Waals surface area contributed by atoms with Gasteiger partial charge < -0.3 is 14.4 Å². The van der Waals surface area contributed by atoms with Crippen LogP contribution in [0.25, 0.3) is 0 Å². The highest BCUT2D eigenvalue weighted by molar-refractivity contribution is 5.39. The summed E-state index contributed by atoms with van der Waals surface area (Å²) in [6.45, 7) is 3.46. The third kappa shape index (κ3) is 2.42. The number of aromatic nitrogens is 2. The van der Waals surface area contributed by atoms with E-state index in [1.165, 1.54) is 0 Å². The maximum atomic E-state index is 9.98. The van der Waals surface area contributed by atoms with Gasteiger partial charge in [-0.05, 0) is 6.07 Å². The monoisotopic (exact) mass is 259 g/mol. The lowest BCUT2D eigenvalue weighted by Crippen LogP contribution is -2.33. The zero-order valence-electron chi connectivity index (χ0n) is 10.9. The van der Waals surface area contributed by atoms with Crippen LogP contribution in [-0.2, 0) is 19.6 Å². The van der Waals surface area contributed by atoms with Crippen LogP contribution in [0.5, 0.6) is 11.5 Å². The van der Waals surface area contributed by atoms with Gasteiger partial charge in [0.1, 0.15) is 17.3 Å². The van der Waals surface area contributed by atoms with Crippen molar-refractivity contribution in [3.63, 3.8) is 0 Å². The molecule has 1 aromatic carbocycles. The van der Waals surface area contributed by atoms with Gasteiger partial charge in [-0.25, -0.2) is 4.98 Å². The highest BCUT2D eigenvalue weighted by Gasteiger charge is 2.17. The topological polar surface area (TPSA) is 50.5 Å². The molecule has 0 unspecified atom stereocenters. The van der Waals surface area contributed by atoms with Crippen LogP contribution in [0.15, 0.2) is 30.6 Å². The Morgan fingerprint density at radius 1 is 1.37 bits per heavy atom. The van der Waals surface area contributed by atoms with Crippen LogP contribution in [0.4, 0.5) is 0 Å². The molecular weight excluding hydrogens is 242 g/mol. The first-order chi connectivity index (χ1) is 9.26. The fourth-order valence-electron chi connectivity index (χ4n) is 2.40. The van der Waals surface area contributed by atoms with Gasteiger partial charge in [-0.3, -0.25) is 4.90 Å². The molecule has 100 valence electrons. The molecule has 0 saturated heterocycles. The van der Waals surface area contributed by atoms with Crippen molar-refractivity contribution in [1.29, 1.82) is 0 Å². The molecular formula is C14H17N3O2. The van der Waals surface area contributed by atoms with Crippen LogP contribution in [0.1, 0.15) is 11.4 Å². The van der Waals surface area contributed by atoms with Gasteiger partial charge in [0.05, 0.1) is 13.7 Å². The average molecular weight is 259 g/mol. The number of rotatable bonds is 3. The van der Waals surface area contributed by atoms with Crippen molar-refractivity contribution in [2.75, 3.05) is 13.7 Å². The molecule has 0 atom stereocenters. The molecule has 0 radical (unpaired) electrons. The number of imidazole rings is 1. The van der Waals surface area contributed by atoms with Gasteiger partial charge in [0, 0.05) is 43.7 Å². The Morgan fingerprint density at radius 3 is 3.05 bits per heavy atom. The second kappa shape index (κ2) is 4.93. The predicted octanol–water partition coefficient (Wildman–Crippen LogP) is 1.61. The van der Waals surface area contributed by atoms with E-state index in [4.69, 9.17) is 4.74 Å². The molecule has 0 saturated carbocycles. The van der Waals surface area contributed by atoms with Gasteiger partial charge >= 0.3 is 0 Å². The Hall–Kier alpha value is -2.01. The van der Waals surface area contributed by atoms with Gasteiger partial charge in [0.15, 0.2) is 0 Å². The number of methoxy groups -OCH3 is 1. The largest absolute Gasteiger partial charge is 0.507 e. The Morgan fingerprint density at radius 2 is 2.26 bits per heavy atom. The van der Waals surface area contributed by atoms with E-state index in [-0.39, 0.29) is 5.75 Å². The van der Waals surface area contributed by atoms with Crippen LogP contribution in [-0.4, -0.2) is 33.2 Å². The summed E-state index contributed by atoms with van der Waals surface area (Å²) in [5, 5.41) is 9.98. The second-order valence-electron chi connectivity index (χ2n) is 4.74. The number of nitrogens with zero attached hydrogens (tertiary/aromatic N) is 3. The summed E-state index contributed by atoms with van der Waals surface area (Å²) in [5.41, 5.74) is 0.917. The van der Waals surface area contributed by atoms with E-state index >= 15 is 0 Å². The molecule has 0 amide bonds. The zero-order valence-corrected chi connectivity index (χ0v) is 10.9. The molecule has 19 heavy (non-hydrogen) atoms. The van der Waals surface area contributed by atoms with E-state index in [1.807, 2.05) is 24.5 Å². The highest BCUT2D eigenvalue weighted by Crippen LogP contribution is 2.25. The van der Waals surface area contributed by atoms with E-state index in [1.54, 1.807) is 13.2 Å². The minimum atomic E-state index is 0.285. The molecule has 2 aromatic rings. The van der Waals surface area contributed by atoms with Gasteiger partial charge in [-0.15, -0.1) is 0 Å². The van der Waals surface area contributed by atoms with Crippen molar-refractivity contribution in [2.45, 2.75) is 19.6 Å². The lowest BCUT2D eigenvalue weighted by molar-refractivity contribution is 0.206. The van der Waals surface area contributed by atoms with Crippen LogP contribution in [0, 0.1) is 0 Å². The lowest BCUT2D eigenvalue weighted by Gasteiger charge is -2.27. The summed E-state index contributed by atoms with van der Waals surface area (Å²) in [6.07, 6.45) is 3.85. The van der Waals surface area contributed by atoms with E-state index in [0.717, 1.165) is 37.6 Å². The second-order valence-corrected chi connectivity index (χ2v) is 4.74. The summed E-state index contributed by atoms with van der Waals surface area (Å²) in [4.78, 5) is 6.62. The van der Waals surface area contributed by atoms with E-state index in [2.05, 4.69) is 14.5 Å². The van der Waals surface area contributed by atoms with Crippen molar-refractivity contribution < 1.29 is 9.84 Å². The molecule has 0 fully saturated rings. The molecule has 2 heterocycles. The quantitative estimate of drug-likeness (QED) is 0.910. The molecule has 1 aliphatic heterocycles. The third-order valence-electron chi connectivity index (χ3n) is 3.51. The van der Waals surface area contributed by atoms with Crippen molar-refractivity contribution in [3.05, 3.63) is 42.0 Å². The Balaban J connectivity index is 1.73. The zero-order chi connectivity index (χ0) is 13.2. The molecule has 1 N–H and O–H groups in total. The first kappa shape index (κ1) is 12.0. The van der Waals surface area contributed by atoms with Crippen LogP contribution in [0.3, 0.4) is 0 Å². The van der Waals surface area contributed by atoms with Crippen molar-refractivity contribution in [2.24, 2.45) is 0 Å². The maximum absolute atomic E-state index is 9.98. The van der Waals surface area contributed by atoms with Gasteiger partial charge in [0.2, 0.25) is 0 Å². The first-order valence-electron chi connectivity index (χ1n) is 6.34.